The summed E-state index contributed by atoms with van der Waals surface area (Å²) in [5.74, 6) is 1.79. The summed E-state index contributed by atoms with van der Waals surface area (Å²) >= 11 is 0. The second kappa shape index (κ2) is 7.57. The molecule has 2 aromatic carbocycles. The maximum absolute atomic E-state index is 11.4. The van der Waals surface area contributed by atoms with Crippen molar-refractivity contribution in [1.29, 1.82) is 0 Å². The quantitative estimate of drug-likeness (QED) is 0.562. The summed E-state index contributed by atoms with van der Waals surface area (Å²) in [7, 11) is 5.99. The van der Waals surface area contributed by atoms with Gasteiger partial charge in [-0.3, -0.25) is 10.1 Å². The van der Waals surface area contributed by atoms with Crippen LogP contribution in [0.2, 0.25) is 0 Å². The molecule has 2 aromatic rings. The van der Waals surface area contributed by atoms with Crippen LogP contribution in [0.25, 0.3) is 5.57 Å². The molecule has 0 spiro atoms. The minimum Gasteiger partial charge on any atom is -0.497 e. The maximum Gasteiger partial charge on any atom is 0.277 e. The zero-order valence-electron chi connectivity index (χ0n) is 14.5. The molecule has 0 N–H and O–H groups in total. The van der Waals surface area contributed by atoms with Crippen molar-refractivity contribution in [2.45, 2.75) is 0 Å². The van der Waals surface area contributed by atoms with Crippen molar-refractivity contribution in [3.63, 3.8) is 0 Å². The third-order valence-electron chi connectivity index (χ3n) is 3.74. The Morgan fingerprint density at radius 3 is 2.00 bits per heavy atom. The van der Waals surface area contributed by atoms with Crippen LogP contribution in [0.3, 0.4) is 0 Å². The summed E-state index contributed by atoms with van der Waals surface area (Å²) in [4.78, 5) is 10.9. The average molecular weight is 345 g/mol. The number of benzene rings is 2. The number of nitro groups is 1. The van der Waals surface area contributed by atoms with Gasteiger partial charge in [-0.2, -0.15) is 0 Å². The molecule has 0 fully saturated rings. The van der Waals surface area contributed by atoms with E-state index in [1.807, 2.05) is 0 Å². The first-order valence-corrected chi connectivity index (χ1v) is 7.28. The summed E-state index contributed by atoms with van der Waals surface area (Å²) in [5, 5.41) is 11.4. The Labute approximate surface area is 145 Å². The van der Waals surface area contributed by atoms with Gasteiger partial charge in [-0.15, -0.1) is 0 Å². The zero-order chi connectivity index (χ0) is 18.6. The molecule has 0 bridgehead atoms. The van der Waals surface area contributed by atoms with Gasteiger partial charge in [-0.25, -0.2) is 0 Å². The molecule has 0 heterocycles. The number of nitrogens with zero attached hydrogens (tertiary/aromatic N) is 1. The highest BCUT2D eigenvalue weighted by molar-refractivity contribution is 5.85. The van der Waals surface area contributed by atoms with Crippen molar-refractivity contribution in [3.05, 3.63) is 58.2 Å². The van der Waals surface area contributed by atoms with E-state index in [0.717, 1.165) is 0 Å². The Hall–Kier alpha value is -3.22. The van der Waals surface area contributed by atoms with Gasteiger partial charge in [0.15, 0.2) is 11.5 Å². The third kappa shape index (κ3) is 3.50. The Morgan fingerprint density at radius 1 is 0.960 bits per heavy atom. The van der Waals surface area contributed by atoms with E-state index in [4.69, 9.17) is 18.9 Å². The molecule has 25 heavy (non-hydrogen) atoms. The van der Waals surface area contributed by atoms with Crippen LogP contribution in [0.5, 0.6) is 23.0 Å². The SMILES string of the molecule is C=C(c1cc(OC)c(OC)c(OC)c1)c1cc(OC)ccc1[N+](=O)[O-]. The van der Waals surface area contributed by atoms with E-state index in [-0.39, 0.29) is 5.69 Å². The summed E-state index contributed by atoms with van der Waals surface area (Å²) in [6, 6.07) is 7.87. The molecule has 0 amide bonds. The van der Waals surface area contributed by atoms with E-state index < -0.39 is 4.92 Å². The second-order valence-electron chi connectivity index (χ2n) is 5.03. The average Bonchev–Trinajstić information content (AvgIpc) is 2.65. The Bertz CT molecular complexity index is 790. The van der Waals surface area contributed by atoms with Gasteiger partial charge in [0.05, 0.1) is 38.9 Å². The minimum absolute atomic E-state index is 0.0699. The van der Waals surface area contributed by atoms with Crippen molar-refractivity contribution in [3.8, 4) is 23.0 Å². The third-order valence-corrected chi connectivity index (χ3v) is 3.74. The fourth-order valence-electron chi connectivity index (χ4n) is 2.45. The van der Waals surface area contributed by atoms with E-state index in [0.29, 0.717) is 39.7 Å². The predicted molar refractivity (Wildman–Crippen MR) is 93.9 cm³/mol. The number of ether oxygens (including phenoxy) is 4. The van der Waals surface area contributed by atoms with Crippen LogP contribution < -0.4 is 18.9 Å². The Morgan fingerprint density at radius 2 is 1.56 bits per heavy atom. The first-order chi connectivity index (χ1) is 12.0. The molecule has 2 rings (SSSR count). The van der Waals surface area contributed by atoms with E-state index >= 15 is 0 Å². The van der Waals surface area contributed by atoms with Gasteiger partial charge in [0.1, 0.15) is 5.75 Å². The fourth-order valence-corrected chi connectivity index (χ4v) is 2.45. The standard InChI is InChI=1S/C18H19NO6/c1-11(14-10-13(22-2)6-7-15(14)19(20)21)12-8-16(23-3)18(25-5)17(9-12)24-4/h6-10H,1H2,2-5H3. The zero-order valence-corrected chi connectivity index (χ0v) is 14.5. The number of nitro benzene ring substituents is 1. The lowest BCUT2D eigenvalue weighted by Gasteiger charge is -2.15. The van der Waals surface area contributed by atoms with E-state index in [1.54, 1.807) is 18.2 Å². The van der Waals surface area contributed by atoms with Crippen LogP contribution in [0.4, 0.5) is 5.69 Å². The number of rotatable bonds is 7. The molecular formula is C18H19NO6. The lowest BCUT2D eigenvalue weighted by molar-refractivity contribution is -0.385. The number of methoxy groups -OCH3 is 4. The van der Waals surface area contributed by atoms with Crippen LogP contribution in [-0.4, -0.2) is 33.4 Å². The first-order valence-electron chi connectivity index (χ1n) is 7.28. The van der Waals surface area contributed by atoms with Gasteiger partial charge in [0.2, 0.25) is 5.75 Å². The van der Waals surface area contributed by atoms with Crippen molar-refractivity contribution >= 4 is 11.3 Å². The molecule has 0 saturated heterocycles. The summed E-state index contributed by atoms with van der Waals surface area (Å²) in [6.45, 7) is 4.01. The number of hydrogen-bond donors (Lipinski definition) is 0. The fraction of sp³-hybridized carbons (Fsp3) is 0.222. The van der Waals surface area contributed by atoms with Crippen LogP contribution >= 0.6 is 0 Å². The normalized spacial score (nSPS) is 10.1. The molecule has 7 nitrogen and oxygen atoms in total. The molecule has 7 heteroatoms. The molecule has 0 aliphatic heterocycles. The highest BCUT2D eigenvalue weighted by atomic mass is 16.6. The smallest absolute Gasteiger partial charge is 0.277 e. The van der Waals surface area contributed by atoms with Crippen LogP contribution in [0.15, 0.2) is 36.9 Å². The van der Waals surface area contributed by atoms with Crippen molar-refractivity contribution in [1.82, 2.24) is 0 Å². The van der Waals surface area contributed by atoms with E-state index in [2.05, 4.69) is 6.58 Å². The molecule has 0 atom stereocenters. The predicted octanol–water partition coefficient (Wildman–Crippen LogP) is 3.69. The lowest BCUT2D eigenvalue weighted by atomic mass is 9.97. The summed E-state index contributed by atoms with van der Waals surface area (Å²) in [6.07, 6.45) is 0. The van der Waals surface area contributed by atoms with Crippen LogP contribution in [-0.2, 0) is 0 Å². The topological polar surface area (TPSA) is 80.1 Å². The van der Waals surface area contributed by atoms with Gasteiger partial charge < -0.3 is 18.9 Å². The van der Waals surface area contributed by atoms with Gasteiger partial charge in [-0.05, 0) is 35.4 Å². The molecule has 0 aliphatic carbocycles. The Kier molecular flexibility index (Phi) is 5.49. The first kappa shape index (κ1) is 18.1. The highest BCUT2D eigenvalue weighted by Crippen LogP contribution is 2.42. The van der Waals surface area contributed by atoms with E-state index in [1.165, 1.54) is 40.6 Å². The van der Waals surface area contributed by atoms with Crippen LogP contribution in [0, 0.1) is 10.1 Å². The summed E-state index contributed by atoms with van der Waals surface area (Å²) < 4.78 is 21.1. The van der Waals surface area contributed by atoms with Crippen molar-refractivity contribution < 1.29 is 23.9 Å². The molecular weight excluding hydrogens is 326 g/mol. The van der Waals surface area contributed by atoms with Crippen LogP contribution in [0.1, 0.15) is 11.1 Å². The number of hydrogen-bond acceptors (Lipinski definition) is 6. The van der Waals surface area contributed by atoms with Gasteiger partial charge in [-0.1, -0.05) is 6.58 Å². The van der Waals surface area contributed by atoms with Crippen molar-refractivity contribution in [2.24, 2.45) is 0 Å². The molecule has 0 saturated carbocycles. The second-order valence-corrected chi connectivity index (χ2v) is 5.03. The molecule has 0 radical (unpaired) electrons. The molecule has 0 aromatic heterocycles. The Balaban J connectivity index is 2.63. The van der Waals surface area contributed by atoms with Gasteiger partial charge in [0, 0.05) is 6.07 Å². The van der Waals surface area contributed by atoms with E-state index in [9.17, 15) is 10.1 Å². The van der Waals surface area contributed by atoms with Crippen molar-refractivity contribution in [2.75, 3.05) is 28.4 Å². The maximum atomic E-state index is 11.4. The summed E-state index contributed by atoms with van der Waals surface area (Å²) in [5.41, 5.74) is 1.31. The highest BCUT2D eigenvalue weighted by Gasteiger charge is 2.21. The molecule has 132 valence electrons. The van der Waals surface area contributed by atoms with Gasteiger partial charge in [0.25, 0.3) is 5.69 Å². The minimum atomic E-state index is -0.460. The lowest BCUT2D eigenvalue weighted by Crippen LogP contribution is -1.99. The van der Waals surface area contributed by atoms with Gasteiger partial charge >= 0.3 is 0 Å². The molecule has 0 unspecified atom stereocenters. The molecule has 0 aliphatic rings. The largest absolute Gasteiger partial charge is 0.497 e. The monoisotopic (exact) mass is 345 g/mol.